The van der Waals surface area contributed by atoms with Crippen molar-refractivity contribution in [2.45, 2.75) is 25.7 Å². The SMILES string of the molecule is CCOc1ccc(NC(=O)c2cc(F)c(F)cc2Cl)cc1S(=O)(=O)N(CC)CC. The predicted molar refractivity (Wildman–Crippen MR) is 107 cm³/mol. The third-order valence-corrected chi connectivity index (χ3v) is 6.46. The lowest BCUT2D eigenvalue weighted by Gasteiger charge is -2.21. The quantitative estimate of drug-likeness (QED) is 0.613. The van der Waals surface area contributed by atoms with Crippen LogP contribution in [0, 0.1) is 11.6 Å². The third kappa shape index (κ3) is 5.04. The number of amides is 1. The Labute approximate surface area is 173 Å². The van der Waals surface area contributed by atoms with E-state index in [1.807, 2.05) is 0 Å². The van der Waals surface area contributed by atoms with E-state index in [-0.39, 0.29) is 46.6 Å². The molecule has 2 aromatic rings. The van der Waals surface area contributed by atoms with Gasteiger partial charge in [-0.2, -0.15) is 4.31 Å². The standard InChI is InChI=1S/C19H21ClF2N2O4S/c1-4-24(5-2)29(26,27)18-9-12(7-8-17(18)28-6-3)23-19(25)13-10-15(21)16(22)11-14(13)20/h7-11H,4-6H2,1-3H3,(H,23,25). The van der Waals surface area contributed by atoms with Gasteiger partial charge < -0.3 is 10.1 Å². The molecule has 0 unspecified atom stereocenters. The molecule has 158 valence electrons. The molecule has 1 amide bonds. The molecule has 0 aliphatic rings. The van der Waals surface area contributed by atoms with Crippen LogP contribution >= 0.6 is 11.6 Å². The number of hydrogen-bond acceptors (Lipinski definition) is 4. The fourth-order valence-corrected chi connectivity index (χ4v) is 4.51. The average molecular weight is 447 g/mol. The van der Waals surface area contributed by atoms with Crippen LogP contribution in [0.5, 0.6) is 5.75 Å². The second kappa shape index (κ2) is 9.51. The third-order valence-electron chi connectivity index (χ3n) is 4.08. The van der Waals surface area contributed by atoms with E-state index in [2.05, 4.69) is 5.32 Å². The molecule has 1 N–H and O–H groups in total. The van der Waals surface area contributed by atoms with Gasteiger partial charge in [0.15, 0.2) is 11.6 Å². The summed E-state index contributed by atoms with van der Waals surface area (Å²) >= 11 is 5.82. The molecule has 2 rings (SSSR count). The number of sulfonamides is 1. The zero-order valence-electron chi connectivity index (χ0n) is 16.1. The van der Waals surface area contributed by atoms with Crippen LogP contribution < -0.4 is 10.1 Å². The molecule has 0 aromatic heterocycles. The van der Waals surface area contributed by atoms with Gasteiger partial charge in [-0.05, 0) is 37.3 Å². The van der Waals surface area contributed by atoms with Gasteiger partial charge >= 0.3 is 0 Å². The first kappa shape index (κ1) is 23.1. The highest BCUT2D eigenvalue weighted by Crippen LogP contribution is 2.30. The molecule has 0 heterocycles. The summed E-state index contributed by atoms with van der Waals surface area (Å²) in [7, 11) is -3.88. The molecule has 2 aromatic carbocycles. The lowest BCUT2D eigenvalue weighted by atomic mass is 10.2. The van der Waals surface area contributed by atoms with Crippen molar-refractivity contribution in [1.82, 2.24) is 4.31 Å². The Kier molecular flexibility index (Phi) is 7.56. The van der Waals surface area contributed by atoms with Crippen molar-refractivity contribution in [3.8, 4) is 5.75 Å². The van der Waals surface area contributed by atoms with Gasteiger partial charge in [0.25, 0.3) is 5.91 Å². The van der Waals surface area contributed by atoms with Crippen LogP contribution in [0.25, 0.3) is 0 Å². The number of carbonyl (C=O) groups is 1. The largest absolute Gasteiger partial charge is 0.492 e. The van der Waals surface area contributed by atoms with Crippen molar-refractivity contribution in [3.63, 3.8) is 0 Å². The van der Waals surface area contributed by atoms with Crippen molar-refractivity contribution in [3.05, 3.63) is 52.6 Å². The highest BCUT2D eigenvalue weighted by Gasteiger charge is 2.26. The van der Waals surface area contributed by atoms with Crippen molar-refractivity contribution >= 4 is 33.2 Å². The van der Waals surface area contributed by atoms with Crippen LogP contribution in [-0.2, 0) is 10.0 Å². The zero-order chi connectivity index (χ0) is 21.8. The van der Waals surface area contributed by atoms with E-state index >= 15 is 0 Å². The van der Waals surface area contributed by atoms with E-state index in [1.54, 1.807) is 20.8 Å². The topological polar surface area (TPSA) is 75.7 Å². The van der Waals surface area contributed by atoms with Crippen molar-refractivity contribution in [1.29, 1.82) is 0 Å². The number of rotatable bonds is 8. The zero-order valence-corrected chi connectivity index (χ0v) is 17.7. The Balaban J connectivity index is 2.45. The second-order valence-electron chi connectivity index (χ2n) is 5.88. The van der Waals surface area contributed by atoms with E-state index < -0.39 is 27.6 Å². The molecule has 29 heavy (non-hydrogen) atoms. The molecule has 0 atom stereocenters. The minimum atomic E-state index is -3.88. The Morgan fingerprint density at radius 3 is 2.31 bits per heavy atom. The Morgan fingerprint density at radius 1 is 1.10 bits per heavy atom. The Bertz CT molecular complexity index is 1010. The molecular formula is C19H21ClF2N2O4S. The molecule has 0 saturated heterocycles. The normalized spacial score (nSPS) is 11.6. The van der Waals surface area contributed by atoms with Gasteiger partial charge in [-0.3, -0.25) is 4.79 Å². The van der Waals surface area contributed by atoms with Crippen LogP contribution in [0.4, 0.5) is 14.5 Å². The van der Waals surface area contributed by atoms with Crippen molar-refractivity contribution in [2.75, 3.05) is 25.0 Å². The maximum Gasteiger partial charge on any atom is 0.257 e. The summed E-state index contributed by atoms with van der Waals surface area (Å²) in [4.78, 5) is 12.3. The Morgan fingerprint density at radius 2 is 1.72 bits per heavy atom. The van der Waals surface area contributed by atoms with Crippen LogP contribution in [0.1, 0.15) is 31.1 Å². The van der Waals surface area contributed by atoms with Crippen molar-refractivity contribution in [2.24, 2.45) is 0 Å². The summed E-state index contributed by atoms with van der Waals surface area (Å²) in [6.45, 7) is 5.89. The average Bonchev–Trinajstić information content (AvgIpc) is 2.66. The van der Waals surface area contributed by atoms with E-state index in [1.165, 1.54) is 22.5 Å². The van der Waals surface area contributed by atoms with Crippen LogP contribution in [0.2, 0.25) is 5.02 Å². The number of halogens is 3. The number of benzene rings is 2. The van der Waals surface area contributed by atoms with E-state index in [0.717, 1.165) is 0 Å². The fourth-order valence-electron chi connectivity index (χ4n) is 2.66. The minimum absolute atomic E-state index is 0.114. The molecular weight excluding hydrogens is 426 g/mol. The molecule has 0 radical (unpaired) electrons. The minimum Gasteiger partial charge on any atom is -0.492 e. The lowest BCUT2D eigenvalue weighted by Crippen LogP contribution is -2.31. The van der Waals surface area contributed by atoms with Crippen LogP contribution in [-0.4, -0.2) is 38.3 Å². The first-order chi connectivity index (χ1) is 13.6. The summed E-state index contributed by atoms with van der Waals surface area (Å²) in [5.41, 5.74) is -0.155. The first-order valence-corrected chi connectivity index (χ1v) is 10.7. The number of carbonyl (C=O) groups excluding carboxylic acids is 1. The smallest absolute Gasteiger partial charge is 0.257 e. The van der Waals surface area contributed by atoms with Gasteiger partial charge in [-0.25, -0.2) is 17.2 Å². The van der Waals surface area contributed by atoms with Crippen LogP contribution in [0.3, 0.4) is 0 Å². The van der Waals surface area contributed by atoms with Gasteiger partial charge in [0, 0.05) is 18.8 Å². The molecule has 0 aliphatic heterocycles. The second-order valence-corrected chi connectivity index (χ2v) is 8.20. The number of nitrogens with one attached hydrogen (secondary N) is 1. The number of nitrogens with zero attached hydrogens (tertiary/aromatic N) is 1. The van der Waals surface area contributed by atoms with E-state index in [0.29, 0.717) is 12.1 Å². The molecule has 6 nitrogen and oxygen atoms in total. The van der Waals surface area contributed by atoms with Gasteiger partial charge in [0.1, 0.15) is 10.6 Å². The fraction of sp³-hybridized carbons (Fsp3) is 0.316. The van der Waals surface area contributed by atoms with Gasteiger partial charge in [0.2, 0.25) is 10.0 Å². The van der Waals surface area contributed by atoms with Gasteiger partial charge in [-0.15, -0.1) is 0 Å². The summed E-state index contributed by atoms with van der Waals surface area (Å²) in [5.74, 6) is -3.08. The maximum atomic E-state index is 13.5. The first-order valence-electron chi connectivity index (χ1n) is 8.88. The number of anilines is 1. The molecule has 0 fully saturated rings. The Hall–Kier alpha value is -2.23. The summed E-state index contributed by atoms with van der Waals surface area (Å²) in [6, 6.07) is 5.49. The molecule has 0 spiro atoms. The lowest BCUT2D eigenvalue weighted by molar-refractivity contribution is 0.102. The molecule has 0 aliphatic carbocycles. The summed E-state index contributed by atoms with van der Waals surface area (Å²) in [5, 5.41) is 2.18. The summed E-state index contributed by atoms with van der Waals surface area (Å²) < 4.78 is 59.3. The highest BCUT2D eigenvalue weighted by molar-refractivity contribution is 7.89. The molecule has 0 bridgehead atoms. The monoisotopic (exact) mass is 446 g/mol. The molecule has 10 heteroatoms. The number of ether oxygens (including phenoxy) is 1. The number of hydrogen-bond donors (Lipinski definition) is 1. The van der Waals surface area contributed by atoms with E-state index in [4.69, 9.17) is 16.3 Å². The van der Waals surface area contributed by atoms with E-state index in [9.17, 15) is 22.0 Å². The summed E-state index contributed by atoms with van der Waals surface area (Å²) in [6.07, 6.45) is 0. The predicted octanol–water partition coefficient (Wildman–Crippen LogP) is 4.30. The highest BCUT2D eigenvalue weighted by atomic mass is 35.5. The van der Waals surface area contributed by atoms with Gasteiger partial charge in [0.05, 0.1) is 17.2 Å². The van der Waals surface area contributed by atoms with Crippen LogP contribution in [0.15, 0.2) is 35.2 Å². The van der Waals surface area contributed by atoms with Gasteiger partial charge in [-0.1, -0.05) is 25.4 Å². The van der Waals surface area contributed by atoms with Crippen molar-refractivity contribution < 1.29 is 26.7 Å². The maximum absolute atomic E-state index is 13.5. The molecule has 0 saturated carbocycles.